The number of carbonyl (C=O) groups excluding carboxylic acids is 1. The predicted molar refractivity (Wildman–Crippen MR) is 123 cm³/mol. The van der Waals surface area contributed by atoms with Crippen molar-refractivity contribution in [2.75, 3.05) is 27.3 Å². The van der Waals surface area contributed by atoms with Gasteiger partial charge in [0, 0.05) is 43.7 Å². The number of aryl methyl sites for hydroxylation is 1. The van der Waals surface area contributed by atoms with Crippen LogP contribution in [0.1, 0.15) is 46.3 Å². The zero-order valence-electron chi connectivity index (χ0n) is 19.2. The Hall–Kier alpha value is -3.04. The Morgan fingerprint density at radius 2 is 1.97 bits per heavy atom. The quantitative estimate of drug-likeness (QED) is 0.562. The van der Waals surface area contributed by atoms with Crippen LogP contribution in [0, 0.1) is 6.92 Å². The van der Waals surface area contributed by atoms with Crippen LogP contribution in [0.3, 0.4) is 0 Å². The van der Waals surface area contributed by atoms with Crippen molar-refractivity contribution in [3.63, 3.8) is 0 Å². The van der Waals surface area contributed by atoms with Crippen LogP contribution in [0.4, 0.5) is 0 Å². The number of ether oxygens (including phenoxy) is 2. The van der Waals surface area contributed by atoms with Crippen LogP contribution >= 0.6 is 11.6 Å². The maximum Gasteiger partial charge on any atom is 0.255 e. The number of methoxy groups -OCH3 is 2. The van der Waals surface area contributed by atoms with E-state index in [-0.39, 0.29) is 11.9 Å². The van der Waals surface area contributed by atoms with Crippen molar-refractivity contribution in [1.29, 1.82) is 0 Å². The van der Waals surface area contributed by atoms with Crippen molar-refractivity contribution in [3.05, 3.63) is 58.0 Å². The second kappa shape index (κ2) is 9.84. The van der Waals surface area contributed by atoms with E-state index in [1.165, 1.54) is 6.26 Å². The van der Waals surface area contributed by atoms with Gasteiger partial charge in [-0.2, -0.15) is 0 Å². The highest BCUT2D eigenvalue weighted by Gasteiger charge is 2.24. The lowest BCUT2D eigenvalue weighted by molar-refractivity contribution is 0.0936. The van der Waals surface area contributed by atoms with Crippen molar-refractivity contribution in [3.8, 4) is 11.5 Å². The number of furan rings is 1. The summed E-state index contributed by atoms with van der Waals surface area (Å²) in [7, 11) is 3.21. The Kier molecular flexibility index (Phi) is 6.90. The molecular formula is C23H28ClN5O4. The average molecular weight is 474 g/mol. The highest BCUT2D eigenvalue weighted by Crippen LogP contribution is 2.33. The Labute approximate surface area is 197 Å². The fraction of sp³-hybridized carbons (Fsp3) is 0.435. The first kappa shape index (κ1) is 23.1. The van der Waals surface area contributed by atoms with Crippen LogP contribution in [0.15, 0.2) is 28.9 Å². The highest BCUT2D eigenvalue weighted by atomic mass is 35.5. The molecule has 0 saturated carbocycles. The van der Waals surface area contributed by atoms with Crippen molar-refractivity contribution in [2.24, 2.45) is 0 Å². The van der Waals surface area contributed by atoms with Crippen LogP contribution in [0.25, 0.3) is 0 Å². The molecule has 3 heterocycles. The molecule has 10 heteroatoms. The second-order valence-electron chi connectivity index (χ2n) is 8.04. The van der Waals surface area contributed by atoms with Crippen LogP contribution in [-0.4, -0.2) is 52.9 Å². The molecule has 3 aromatic rings. The number of nitrogens with one attached hydrogen (secondary N) is 1. The largest absolute Gasteiger partial charge is 0.493 e. The van der Waals surface area contributed by atoms with Gasteiger partial charge in [-0.05, 0) is 31.5 Å². The van der Waals surface area contributed by atoms with Gasteiger partial charge in [0.1, 0.15) is 11.6 Å². The van der Waals surface area contributed by atoms with Gasteiger partial charge < -0.3 is 23.8 Å². The van der Waals surface area contributed by atoms with Gasteiger partial charge in [-0.15, -0.1) is 10.2 Å². The number of carbonyl (C=O) groups is 1. The van der Waals surface area contributed by atoms with Crippen LogP contribution in [0.5, 0.6) is 11.5 Å². The van der Waals surface area contributed by atoms with Crippen LogP contribution in [0.2, 0.25) is 5.02 Å². The van der Waals surface area contributed by atoms with E-state index < -0.39 is 0 Å². The molecule has 0 saturated heterocycles. The maximum atomic E-state index is 12.6. The first-order valence-corrected chi connectivity index (χ1v) is 11.2. The van der Waals surface area contributed by atoms with E-state index in [4.69, 9.17) is 25.5 Å². The summed E-state index contributed by atoms with van der Waals surface area (Å²) in [6, 6.07) is 5.08. The molecule has 4 rings (SSSR count). The summed E-state index contributed by atoms with van der Waals surface area (Å²) in [6.07, 6.45) is 2.26. The molecule has 0 aliphatic carbocycles. The fourth-order valence-corrected chi connectivity index (χ4v) is 4.30. The van der Waals surface area contributed by atoms with Gasteiger partial charge in [0.2, 0.25) is 0 Å². The van der Waals surface area contributed by atoms with E-state index in [1.807, 2.05) is 13.0 Å². The van der Waals surface area contributed by atoms with Gasteiger partial charge in [0.15, 0.2) is 17.3 Å². The zero-order chi connectivity index (χ0) is 23.5. The van der Waals surface area contributed by atoms with Crippen molar-refractivity contribution in [1.82, 2.24) is 25.0 Å². The number of benzene rings is 1. The lowest BCUT2D eigenvalue weighted by Gasteiger charge is -2.21. The lowest BCUT2D eigenvalue weighted by atomic mass is 10.1. The third-order valence-corrected chi connectivity index (χ3v) is 6.28. The number of rotatable bonds is 7. The third kappa shape index (κ3) is 4.84. The summed E-state index contributed by atoms with van der Waals surface area (Å²) in [5.41, 5.74) is 1.50. The minimum atomic E-state index is -0.292. The second-order valence-corrected chi connectivity index (χ2v) is 8.44. The first-order valence-electron chi connectivity index (χ1n) is 10.8. The highest BCUT2D eigenvalue weighted by molar-refractivity contribution is 6.31. The summed E-state index contributed by atoms with van der Waals surface area (Å²) in [6.45, 7) is 6.69. The van der Waals surface area contributed by atoms with E-state index >= 15 is 0 Å². The maximum absolute atomic E-state index is 12.6. The number of fused-ring (bicyclic) bond motifs is 1. The summed E-state index contributed by atoms with van der Waals surface area (Å²) >= 11 is 6.50. The smallest absolute Gasteiger partial charge is 0.255 e. The molecule has 1 atom stereocenters. The minimum Gasteiger partial charge on any atom is -0.493 e. The van der Waals surface area contributed by atoms with Gasteiger partial charge in [-0.25, -0.2) is 0 Å². The van der Waals surface area contributed by atoms with Crippen molar-refractivity contribution in [2.45, 2.75) is 39.4 Å². The topological polar surface area (TPSA) is 94.6 Å². The van der Waals surface area contributed by atoms with E-state index in [2.05, 4.69) is 25.0 Å². The number of aromatic nitrogens is 3. The lowest BCUT2D eigenvalue weighted by Crippen LogP contribution is -2.30. The summed E-state index contributed by atoms with van der Waals surface area (Å²) < 4.78 is 18.1. The summed E-state index contributed by atoms with van der Waals surface area (Å²) in [4.78, 5) is 14.9. The van der Waals surface area contributed by atoms with E-state index in [0.29, 0.717) is 40.9 Å². The molecule has 176 valence electrons. The van der Waals surface area contributed by atoms with Crippen LogP contribution < -0.4 is 14.8 Å². The zero-order valence-corrected chi connectivity index (χ0v) is 20.0. The van der Waals surface area contributed by atoms with E-state index in [1.54, 1.807) is 33.3 Å². The fourth-order valence-electron chi connectivity index (χ4n) is 4.09. The molecule has 1 aromatic carbocycles. The number of amides is 1. The monoisotopic (exact) mass is 473 g/mol. The van der Waals surface area contributed by atoms with Crippen molar-refractivity contribution < 1.29 is 18.7 Å². The van der Waals surface area contributed by atoms with Gasteiger partial charge in [-0.3, -0.25) is 9.69 Å². The molecule has 0 radical (unpaired) electrons. The van der Waals surface area contributed by atoms with Gasteiger partial charge >= 0.3 is 0 Å². The molecule has 33 heavy (non-hydrogen) atoms. The molecular weight excluding hydrogens is 446 g/mol. The number of nitrogens with zero attached hydrogens (tertiary/aromatic N) is 4. The normalized spacial score (nSPS) is 14.9. The number of hydrogen-bond acceptors (Lipinski definition) is 7. The molecule has 0 unspecified atom stereocenters. The molecule has 1 amide bonds. The molecule has 1 aliphatic rings. The van der Waals surface area contributed by atoms with Gasteiger partial charge in [0.25, 0.3) is 5.91 Å². The standard InChI is InChI=1S/C23H28ClN5O4/c1-14(25-23(30)17-6-10-33-15(17)2)22-27-26-21-5-7-28(8-9-29(21)22)13-16-11-19(31-3)20(32-4)12-18(16)24/h6,10-12,14H,5,7-9,13H2,1-4H3,(H,25,30)/t14-/m1/s1. The Morgan fingerprint density at radius 3 is 2.67 bits per heavy atom. The molecule has 1 aliphatic heterocycles. The molecule has 0 fully saturated rings. The average Bonchev–Trinajstić information content (AvgIpc) is 3.37. The minimum absolute atomic E-state index is 0.190. The van der Waals surface area contributed by atoms with Gasteiger partial charge in [0.05, 0.1) is 32.1 Å². The Morgan fingerprint density at radius 1 is 1.21 bits per heavy atom. The number of halogens is 1. The Balaban J connectivity index is 1.44. The summed E-state index contributed by atoms with van der Waals surface area (Å²) in [5.74, 6) is 3.31. The molecule has 0 spiro atoms. The number of hydrogen-bond donors (Lipinski definition) is 1. The third-order valence-electron chi connectivity index (χ3n) is 5.93. The molecule has 9 nitrogen and oxygen atoms in total. The molecule has 0 bridgehead atoms. The van der Waals surface area contributed by atoms with E-state index in [0.717, 1.165) is 36.7 Å². The predicted octanol–water partition coefficient (Wildman–Crippen LogP) is 3.40. The van der Waals surface area contributed by atoms with Crippen molar-refractivity contribution >= 4 is 17.5 Å². The SMILES string of the molecule is COc1cc(Cl)c(CN2CCc3nnc([C@@H](C)NC(=O)c4ccoc4C)n3CC2)cc1OC. The first-order chi connectivity index (χ1) is 15.9. The molecule has 2 aromatic heterocycles. The molecule has 1 N–H and O–H groups in total. The summed E-state index contributed by atoms with van der Waals surface area (Å²) in [5, 5.41) is 12.4. The Bertz CT molecular complexity index is 1140. The van der Waals surface area contributed by atoms with E-state index in [9.17, 15) is 4.79 Å². The van der Waals surface area contributed by atoms with Gasteiger partial charge in [-0.1, -0.05) is 11.6 Å². The van der Waals surface area contributed by atoms with Crippen LogP contribution in [-0.2, 0) is 19.5 Å².